The first kappa shape index (κ1) is 12.8. The largest absolute Gasteiger partial charge is 0.475 e. The number of aromatic carboxylic acids is 1. The second-order valence-electron chi connectivity index (χ2n) is 5.10. The Bertz CT molecular complexity index is 598. The van der Waals surface area contributed by atoms with Crippen molar-refractivity contribution in [2.24, 2.45) is 0 Å². The van der Waals surface area contributed by atoms with Crippen molar-refractivity contribution in [1.82, 2.24) is 20.2 Å². The molecule has 7 heteroatoms. The summed E-state index contributed by atoms with van der Waals surface area (Å²) in [5, 5.41) is 20.7. The zero-order chi connectivity index (χ0) is 13.9. The van der Waals surface area contributed by atoms with Crippen molar-refractivity contribution in [2.45, 2.75) is 44.6 Å². The van der Waals surface area contributed by atoms with E-state index in [4.69, 9.17) is 9.52 Å². The molecule has 1 aliphatic carbocycles. The molecule has 0 bridgehead atoms. The van der Waals surface area contributed by atoms with E-state index in [9.17, 15) is 4.79 Å². The highest BCUT2D eigenvalue weighted by atomic mass is 16.4. The Morgan fingerprint density at radius 1 is 1.35 bits per heavy atom. The second kappa shape index (κ2) is 5.44. The molecule has 2 heterocycles. The van der Waals surface area contributed by atoms with E-state index in [1.807, 2.05) is 0 Å². The third-order valence-corrected chi connectivity index (χ3v) is 3.71. The number of nitrogens with zero attached hydrogens (tertiary/aromatic N) is 4. The van der Waals surface area contributed by atoms with Crippen LogP contribution in [0.5, 0.6) is 0 Å². The van der Waals surface area contributed by atoms with Crippen LogP contribution in [0.15, 0.2) is 16.5 Å². The molecule has 0 aromatic carbocycles. The van der Waals surface area contributed by atoms with Gasteiger partial charge in [0.2, 0.25) is 5.76 Å². The van der Waals surface area contributed by atoms with Gasteiger partial charge in [-0.25, -0.2) is 9.48 Å². The Hall–Kier alpha value is -2.18. The highest BCUT2D eigenvalue weighted by molar-refractivity contribution is 5.84. The van der Waals surface area contributed by atoms with Crippen molar-refractivity contribution in [2.75, 3.05) is 0 Å². The van der Waals surface area contributed by atoms with Gasteiger partial charge in [-0.3, -0.25) is 0 Å². The molecule has 1 aliphatic rings. The van der Waals surface area contributed by atoms with Gasteiger partial charge < -0.3 is 9.52 Å². The summed E-state index contributed by atoms with van der Waals surface area (Å²) in [5.41, 5.74) is 0. The van der Waals surface area contributed by atoms with Gasteiger partial charge in [-0.05, 0) is 35.4 Å². The molecule has 0 aliphatic heterocycles. The van der Waals surface area contributed by atoms with E-state index < -0.39 is 5.97 Å². The van der Waals surface area contributed by atoms with E-state index in [0.29, 0.717) is 18.2 Å². The average Bonchev–Trinajstić information content (AvgIpc) is 3.09. The minimum absolute atomic E-state index is 0.0627. The summed E-state index contributed by atoms with van der Waals surface area (Å²) in [6.07, 6.45) is 5.92. The smallest absolute Gasteiger partial charge is 0.371 e. The third-order valence-electron chi connectivity index (χ3n) is 3.71. The first-order chi connectivity index (χ1) is 9.74. The number of hydrogen-bond acceptors (Lipinski definition) is 5. The molecule has 3 rings (SSSR count). The summed E-state index contributed by atoms with van der Waals surface area (Å²) in [5.74, 6) is 0.685. The average molecular weight is 276 g/mol. The summed E-state index contributed by atoms with van der Waals surface area (Å²) < 4.78 is 6.95. The van der Waals surface area contributed by atoms with Crippen LogP contribution in [0.25, 0.3) is 0 Å². The molecule has 0 saturated heterocycles. The standard InChI is InChI=1S/C13H16N4O3/c18-13(19)11-7-6-10(20-11)8-17-12(14-15-16-17)9-4-2-1-3-5-9/h6-7,9H,1-5,8H2,(H,18,19). The predicted octanol–water partition coefficient (Wildman–Crippen LogP) is 2.06. The summed E-state index contributed by atoms with van der Waals surface area (Å²) >= 11 is 0. The van der Waals surface area contributed by atoms with Crippen LogP contribution >= 0.6 is 0 Å². The molecule has 20 heavy (non-hydrogen) atoms. The van der Waals surface area contributed by atoms with Crippen molar-refractivity contribution < 1.29 is 14.3 Å². The van der Waals surface area contributed by atoms with Gasteiger partial charge in [0.05, 0.1) is 0 Å². The molecular formula is C13H16N4O3. The molecule has 7 nitrogen and oxygen atoms in total. The molecule has 0 atom stereocenters. The maximum absolute atomic E-state index is 10.8. The van der Waals surface area contributed by atoms with Gasteiger partial charge >= 0.3 is 5.97 Å². The Balaban J connectivity index is 1.76. The van der Waals surface area contributed by atoms with Gasteiger partial charge in [0, 0.05) is 5.92 Å². The van der Waals surface area contributed by atoms with Crippen molar-refractivity contribution in [3.63, 3.8) is 0 Å². The van der Waals surface area contributed by atoms with Gasteiger partial charge in [-0.2, -0.15) is 0 Å². The van der Waals surface area contributed by atoms with Gasteiger partial charge in [0.15, 0.2) is 5.82 Å². The SMILES string of the molecule is O=C(O)c1ccc(Cn2nnnc2C2CCCCC2)o1. The Kier molecular flexibility index (Phi) is 3.49. The lowest BCUT2D eigenvalue weighted by Gasteiger charge is -2.20. The quantitative estimate of drug-likeness (QED) is 0.918. The maximum Gasteiger partial charge on any atom is 0.371 e. The maximum atomic E-state index is 10.8. The number of carbonyl (C=O) groups is 1. The monoisotopic (exact) mass is 276 g/mol. The fraction of sp³-hybridized carbons (Fsp3) is 0.538. The summed E-state index contributed by atoms with van der Waals surface area (Å²) in [6, 6.07) is 3.10. The normalized spacial score (nSPS) is 16.4. The lowest BCUT2D eigenvalue weighted by Crippen LogP contribution is -2.13. The molecule has 1 saturated carbocycles. The lowest BCUT2D eigenvalue weighted by atomic mass is 9.89. The number of aromatic nitrogens is 4. The Morgan fingerprint density at radius 3 is 2.85 bits per heavy atom. The first-order valence-electron chi connectivity index (χ1n) is 6.82. The minimum atomic E-state index is -1.07. The van der Waals surface area contributed by atoms with Crippen LogP contribution in [-0.2, 0) is 6.54 Å². The zero-order valence-electron chi connectivity index (χ0n) is 11.0. The van der Waals surface area contributed by atoms with Crippen molar-refractivity contribution in [3.8, 4) is 0 Å². The molecule has 106 valence electrons. The van der Waals surface area contributed by atoms with Crippen LogP contribution in [0.2, 0.25) is 0 Å². The van der Waals surface area contributed by atoms with Crippen LogP contribution in [0.3, 0.4) is 0 Å². The van der Waals surface area contributed by atoms with E-state index in [2.05, 4.69) is 15.5 Å². The van der Waals surface area contributed by atoms with Gasteiger partial charge in [0.1, 0.15) is 12.3 Å². The Morgan fingerprint density at radius 2 is 2.15 bits per heavy atom. The van der Waals surface area contributed by atoms with E-state index >= 15 is 0 Å². The first-order valence-corrected chi connectivity index (χ1v) is 6.82. The predicted molar refractivity (Wildman–Crippen MR) is 68.4 cm³/mol. The number of carboxylic acids is 1. The molecule has 1 fully saturated rings. The zero-order valence-corrected chi connectivity index (χ0v) is 11.0. The van der Waals surface area contributed by atoms with Crippen LogP contribution in [0, 0.1) is 0 Å². The molecule has 0 amide bonds. The molecule has 2 aromatic rings. The minimum Gasteiger partial charge on any atom is -0.475 e. The van der Waals surface area contributed by atoms with E-state index in [0.717, 1.165) is 18.7 Å². The van der Waals surface area contributed by atoms with E-state index in [-0.39, 0.29) is 5.76 Å². The lowest BCUT2D eigenvalue weighted by molar-refractivity contribution is 0.0660. The second-order valence-corrected chi connectivity index (χ2v) is 5.10. The van der Waals surface area contributed by atoms with Crippen LogP contribution < -0.4 is 0 Å². The van der Waals surface area contributed by atoms with Crippen LogP contribution in [0.1, 0.15) is 60.2 Å². The van der Waals surface area contributed by atoms with Crippen molar-refractivity contribution >= 4 is 5.97 Å². The highest BCUT2D eigenvalue weighted by Gasteiger charge is 2.22. The van der Waals surface area contributed by atoms with E-state index in [1.54, 1.807) is 10.7 Å². The van der Waals surface area contributed by atoms with Crippen LogP contribution in [0.4, 0.5) is 0 Å². The van der Waals surface area contributed by atoms with Crippen molar-refractivity contribution in [1.29, 1.82) is 0 Å². The number of carboxylic acid groups (broad SMARTS) is 1. The molecule has 0 spiro atoms. The molecule has 0 unspecified atom stereocenters. The number of tetrazole rings is 1. The fourth-order valence-corrected chi connectivity index (χ4v) is 2.70. The van der Waals surface area contributed by atoms with Crippen LogP contribution in [-0.4, -0.2) is 31.3 Å². The number of hydrogen-bond donors (Lipinski definition) is 1. The topological polar surface area (TPSA) is 94.0 Å². The molecular weight excluding hydrogens is 260 g/mol. The molecule has 0 radical (unpaired) electrons. The summed E-state index contributed by atoms with van der Waals surface area (Å²) in [7, 11) is 0. The molecule has 1 N–H and O–H groups in total. The fourth-order valence-electron chi connectivity index (χ4n) is 2.70. The summed E-state index contributed by atoms with van der Waals surface area (Å²) in [4.78, 5) is 10.8. The van der Waals surface area contributed by atoms with Gasteiger partial charge in [-0.1, -0.05) is 19.3 Å². The number of furan rings is 1. The third kappa shape index (κ3) is 2.56. The Labute approximate surface area is 115 Å². The van der Waals surface area contributed by atoms with E-state index in [1.165, 1.54) is 25.3 Å². The summed E-state index contributed by atoms with van der Waals surface area (Å²) in [6.45, 7) is 0.367. The van der Waals surface area contributed by atoms with Crippen molar-refractivity contribution in [3.05, 3.63) is 29.5 Å². The molecule has 2 aromatic heterocycles. The van der Waals surface area contributed by atoms with Gasteiger partial charge in [0.25, 0.3) is 0 Å². The number of rotatable bonds is 4. The van der Waals surface area contributed by atoms with Gasteiger partial charge in [-0.15, -0.1) is 5.10 Å². The highest BCUT2D eigenvalue weighted by Crippen LogP contribution is 2.31.